The largest absolute Gasteiger partial charge is 0.350 e. The average molecular weight is 464 g/mol. The number of thiophene rings is 1. The maximum Gasteiger partial charge on any atom is 0.282 e. The molecular formula is C21H13Cl3N2O2S. The third kappa shape index (κ3) is 3.55. The number of carbonyl (C=O) groups excluding carboxylic acids is 2. The quantitative estimate of drug-likeness (QED) is 0.455. The number of nitrogens with one attached hydrogen (secondary N) is 1. The van der Waals surface area contributed by atoms with Crippen molar-refractivity contribution in [2.45, 2.75) is 6.92 Å². The highest BCUT2D eigenvalue weighted by Gasteiger charge is 2.41. The molecule has 29 heavy (non-hydrogen) atoms. The second kappa shape index (κ2) is 7.84. The maximum atomic E-state index is 13.3. The van der Waals surface area contributed by atoms with Gasteiger partial charge in [-0.05, 0) is 48.2 Å². The maximum absolute atomic E-state index is 13.3. The minimum atomic E-state index is -0.515. The van der Waals surface area contributed by atoms with Crippen molar-refractivity contribution in [3.05, 3.63) is 85.1 Å². The van der Waals surface area contributed by atoms with Crippen LogP contribution in [0, 0.1) is 6.92 Å². The third-order valence-electron chi connectivity index (χ3n) is 4.46. The standard InChI is InChI=1S/C21H13Cl3N2O2S/c1-11-7-8-12(10-14(11)23)25-19-17(16-6-3-9-29-16)20(27)26(21(19)28)15-5-2-4-13(22)18(15)24/h2-10,25H,1H3. The fraction of sp³-hybridized carbons (Fsp3) is 0.0476. The Labute approximate surface area is 186 Å². The number of carbonyl (C=O) groups is 2. The molecule has 0 unspecified atom stereocenters. The van der Waals surface area contributed by atoms with Gasteiger partial charge in [-0.2, -0.15) is 0 Å². The number of nitrogens with zero attached hydrogens (tertiary/aromatic N) is 1. The van der Waals surface area contributed by atoms with Gasteiger partial charge in [-0.25, -0.2) is 4.90 Å². The Morgan fingerprint density at radius 1 is 0.931 bits per heavy atom. The molecule has 2 amide bonds. The molecule has 2 aromatic carbocycles. The zero-order valence-corrected chi connectivity index (χ0v) is 18.1. The minimum absolute atomic E-state index is 0.140. The van der Waals surface area contributed by atoms with Crippen molar-refractivity contribution in [3.63, 3.8) is 0 Å². The van der Waals surface area contributed by atoms with E-state index < -0.39 is 11.8 Å². The molecule has 3 aromatic rings. The summed E-state index contributed by atoms with van der Waals surface area (Å²) >= 11 is 20.0. The van der Waals surface area contributed by atoms with Crippen LogP contribution >= 0.6 is 46.1 Å². The van der Waals surface area contributed by atoms with E-state index in [1.165, 1.54) is 11.3 Å². The highest BCUT2D eigenvalue weighted by molar-refractivity contribution is 7.11. The van der Waals surface area contributed by atoms with Crippen molar-refractivity contribution in [1.29, 1.82) is 0 Å². The molecule has 4 rings (SSSR count). The van der Waals surface area contributed by atoms with Gasteiger partial charge in [0.2, 0.25) is 0 Å². The van der Waals surface area contributed by atoms with Gasteiger partial charge in [0.1, 0.15) is 5.70 Å². The number of imide groups is 1. The zero-order chi connectivity index (χ0) is 20.7. The van der Waals surface area contributed by atoms with Gasteiger partial charge in [-0.1, -0.05) is 53.0 Å². The van der Waals surface area contributed by atoms with Crippen molar-refractivity contribution >= 4 is 74.9 Å². The number of anilines is 2. The summed E-state index contributed by atoms with van der Waals surface area (Å²) in [6, 6.07) is 13.8. The van der Waals surface area contributed by atoms with E-state index in [-0.39, 0.29) is 27.0 Å². The third-order valence-corrected chi connectivity index (χ3v) is 6.57. The summed E-state index contributed by atoms with van der Waals surface area (Å²) in [5.41, 5.74) is 2.18. The molecule has 0 saturated heterocycles. The summed E-state index contributed by atoms with van der Waals surface area (Å²) in [7, 11) is 0. The molecule has 0 saturated carbocycles. The lowest BCUT2D eigenvalue weighted by atomic mass is 10.1. The molecule has 1 aromatic heterocycles. The molecule has 0 radical (unpaired) electrons. The Morgan fingerprint density at radius 2 is 1.72 bits per heavy atom. The molecule has 0 atom stereocenters. The Hall–Kier alpha value is -2.31. The number of aryl methyl sites for hydroxylation is 1. The monoisotopic (exact) mass is 462 g/mol. The number of halogens is 3. The van der Waals surface area contributed by atoms with Crippen LogP contribution in [0.5, 0.6) is 0 Å². The van der Waals surface area contributed by atoms with Gasteiger partial charge in [0, 0.05) is 15.6 Å². The molecule has 1 aliphatic heterocycles. The topological polar surface area (TPSA) is 49.4 Å². The Kier molecular flexibility index (Phi) is 5.40. The lowest BCUT2D eigenvalue weighted by molar-refractivity contribution is -0.120. The van der Waals surface area contributed by atoms with Gasteiger partial charge in [0.15, 0.2) is 0 Å². The highest BCUT2D eigenvalue weighted by Crippen LogP contribution is 2.40. The van der Waals surface area contributed by atoms with Gasteiger partial charge >= 0.3 is 0 Å². The van der Waals surface area contributed by atoms with E-state index in [2.05, 4.69) is 5.32 Å². The molecular weight excluding hydrogens is 451 g/mol. The number of rotatable bonds is 4. The van der Waals surface area contributed by atoms with Crippen molar-refractivity contribution in [2.75, 3.05) is 10.2 Å². The number of benzene rings is 2. The first-order chi connectivity index (χ1) is 13.9. The van der Waals surface area contributed by atoms with Crippen LogP contribution in [0.4, 0.5) is 11.4 Å². The highest BCUT2D eigenvalue weighted by atomic mass is 35.5. The fourth-order valence-corrected chi connectivity index (χ4v) is 4.32. The first kappa shape index (κ1) is 20.0. The van der Waals surface area contributed by atoms with Gasteiger partial charge in [0.05, 0.1) is 21.3 Å². The van der Waals surface area contributed by atoms with Crippen LogP contribution in [0.15, 0.2) is 59.6 Å². The second-order valence-corrected chi connectivity index (χ2v) is 8.47. The first-order valence-electron chi connectivity index (χ1n) is 8.52. The summed E-state index contributed by atoms with van der Waals surface area (Å²) in [6.45, 7) is 1.88. The Balaban J connectivity index is 1.83. The van der Waals surface area contributed by atoms with E-state index in [0.29, 0.717) is 15.6 Å². The number of hydrogen-bond acceptors (Lipinski definition) is 4. The van der Waals surface area contributed by atoms with E-state index in [0.717, 1.165) is 10.5 Å². The van der Waals surface area contributed by atoms with Gasteiger partial charge in [-0.3, -0.25) is 9.59 Å². The normalized spacial score (nSPS) is 14.1. The summed E-state index contributed by atoms with van der Waals surface area (Å²) in [5.74, 6) is -0.985. The van der Waals surface area contributed by atoms with Crippen LogP contribution in [0.2, 0.25) is 15.1 Å². The summed E-state index contributed by atoms with van der Waals surface area (Å²) in [5, 5.41) is 5.87. The lowest BCUT2D eigenvalue weighted by Crippen LogP contribution is -2.32. The molecule has 2 heterocycles. The van der Waals surface area contributed by atoms with Gasteiger partial charge in [-0.15, -0.1) is 11.3 Å². The van der Waals surface area contributed by atoms with E-state index in [4.69, 9.17) is 34.8 Å². The number of hydrogen-bond donors (Lipinski definition) is 1. The molecule has 8 heteroatoms. The summed E-state index contributed by atoms with van der Waals surface area (Å²) < 4.78 is 0. The van der Waals surface area contributed by atoms with Crippen LogP contribution in [-0.2, 0) is 9.59 Å². The predicted molar refractivity (Wildman–Crippen MR) is 120 cm³/mol. The molecule has 4 nitrogen and oxygen atoms in total. The van der Waals surface area contributed by atoms with Crippen molar-refractivity contribution in [3.8, 4) is 0 Å². The van der Waals surface area contributed by atoms with Crippen LogP contribution in [0.25, 0.3) is 5.57 Å². The van der Waals surface area contributed by atoms with E-state index in [1.54, 1.807) is 36.4 Å². The van der Waals surface area contributed by atoms with E-state index in [1.807, 2.05) is 24.4 Å². The zero-order valence-electron chi connectivity index (χ0n) is 15.0. The average Bonchev–Trinajstić information content (AvgIpc) is 3.28. The van der Waals surface area contributed by atoms with Crippen LogP contribution < -0.4 is 10.2 Å². The molecule has 1 aliphatic rings. The van der Waals surface area contributed by atoms with Gasteiger partial charge < -0.3 is 5.32 Å². The summed E-state index contributed by atoms with van der Waals surface area (Å²) in [6.07, 6.45) is 0. The summed E-state index contributed by atoms with van der Waals surface area (Å²) in [4.78, 5) is 28.3. The second-order valence-electron chi connectivity index (χ2n) is 6.33. The molecule has 0 fully saturated rings. The number of amides is 2. The van der Waals surface area contributed by atoms with Crippen LogP contribution in [0.1, 0.15) is 10.4 Å². The molecule has 146 valence electrons. The molecule has 0 spiro atoms. The van der Waals surface area contributed by atoms with Crippen molar-refractivity contribution in [1.82, 2.24) is 0 Å². The molecule has 1 N–H and O–H groups in total. The predicted octanol–water partition coefficient (Wildman–Crippen LogP) is 6.41. The van der Waals surface area contributed by atoms with E-state index >= 15 is 0 Å². The molecule has 0 aliphatic carbocycles. The van der Waals surface area contributed by atoms with Crippen LogP contribution in [0.3, 0.4) is 0 Å². The lowest BCUT2D eigenvalue weighted by Gasteiger charge is -2.17. The van der Waals surface area contributed by atoms with Crippen molar-refractivity contribution in [2.24, 2.45) is 0 Å². The Bertz CT molecular complexity index is 1170. The van der Waals surface area contributed by atoms with E-state index in [9.17, 15) is 9.59 Å². The minimum Gasteiger partial charge on any atom is -0.350 e. The van der Waals surface area contributed by atoms with Gasteiger partial charge in [0.25, 0.3) is 11.8 Å². The SMILES string of the molecule is Cc1ccc(NC2=C(c3cccs3)C(=O)N(c3cccc(Cl)c3Cl)C2=O)cc1Cl. The fourth-order valence-electron chi connectivity index (χ4n) is 2.99. The molecule has 0 bridgehead atoms. The Morgan fingerprint density at radius 3 is 2.41 bits per heavy atom. The van der Waals surface area contributed by atoms with Crippen molar-refractivity contribution < 1.29 is 9.59 Å². The first-order valence-corrected chi connectivity index (χ1v) is 10.5. The van der Waals surface area contributed by atoms with Crippen LogP contribution in [-0.4, -0.2) is 11.8 Å². The smallest absolute Gasteiger partial charge is 0.282 e.